The summed E-state index contributed by atoms with van der Waals surface area (Å²) in [5, 5.41) is 5.41. The fraction of sp³-hybridized carbons (Fsp3) is 0.733. The molecule has 2 unspecified atom stereocenters. The number of aryl methyl sites for hydroxylation is 3. The Morgan fingerprint density at radius 2 is 2.19 bits per heavy atom. The van der Waals surface area contributed by atoms with Gasteiger partial charge >= 0.3 is 0 Å². The fourth-order valence-electron chi connectivity index (χ4n) is 3.47. The van der Waals surface area contributed by atoms with E-state index in [1.54, 1.807) is 0 Å². The molecular weight excluding hydrogens is 304 g/mol. The predicted octanol–water partition coefficient (Wildman–Crippen LogP) is 3.80. The van der Waals surface area contributed by atoms with E-state index in [4.69, 9.17) is 16.6 Å². The molecule has 1 aliphatic carbocycles. The van der Waals surface area contributed by atoms with Gasteiger partial charge in [-0.1, -0.05) is 0 Å². The van der Waals surface area contributed by atoms with E-state index in [1.165, 1.54) is 24.9 Å². The standard InChI is InChI=1S/C15H23ClN4S/c1-4-19-15-14(10(2)18-19)17-13(7-8-16)20(15)11-5-6-12(9-11)21-3/h11-12H,4-9H2,1-3H3. The van der Waals surface area contributed by atoms with E-state index in [0.29, 0.717) is 11.9 Å². The zero-order valence-corrected chi connectivity index (χ0v) is 14.5. The molecule has 6 heteroatoms. The van der Waals surface area contributed by atoms with E-state index in [2.05, 4.69) is 34.5 Å². The second-order valence-electron chi connectivity index (χ2n) is 5.73. The van der Waals surface area contributed by atoms with Crippen molar-refractivity contribution in [3.8, 4) is 0 Å². The van der Waals surface area contributed by atoms with E-state index in [-0.39, 0.29) is 0 Å². The summed E-state index contributed by atoms with van der Waals surface area (Å²) < 4.78 is 4.54. The first-order chi connectivity index (χ1) is 10.2. The summed E-state index contributed by atoms with van der Waals surface area (Å²) in [6.07, 6.45) is 6.82. The molecule has 2 aromatic heterocycles. The van der Waals surface area contributed by atoms with Gasteiger partial charge in [0.25, 0.3) is 0 Å². The SMILES string of the molecule is CCn1nc(C)c2nc(CCCl)n(C3CCC(SC)C3)c21. The van der Waals surface area contributed by atoms with Crippen LogP contribution in [0.2, 0.25) is 0 Å². The van der Waals surface area contributed by atoms with Gasteiger partial charge in [0.05, 0.1) is 5.69 Å². The molecule has 0 spiro atoms. The third-order valence-electron chi connectivity index (χ3n) is 4.49. The summed E-state index contributed by atoms with van der Waals surface area (Å²) in [4.78, 5) is 4.85. The van der Waals surface area contributed by atoms with Gasteiger partial charge < -0.3 is 4.57 Å². The zero-order chi connectivity index (χ0) is 15.0. The van der Waals surface area contributed by atoms with Crippen LogP contribution >= 0.6 is 23.4 Å². The van der Waals surface area contributed by atoms with Crippen LogP contribution in [-0.2, 0) is 13.0 Å². The second kappa shape index (κ2) is 6.21. The first-order valence-electron chi connectivity index (χ1n) is 7.72. The number of fused-ring (bicyclic) bond motifs is 1. The van der Waals surface area contributed by atoms with Crippen LogP contribution in [0.1, 0.15) is 43.7 Å². The van der Waals surface area contributed by atoms with Gasteiger partial charge in [0.15, 0.2) is 5.65 Å². The number of hydrogen-bond donors (Lipinski definition) is 0. The molecule has 21 heavy (non-hydrogen) atoms. The van der Waals surface area contributed by atoms with Gasteiger partial charge in [0.2, 0.25) is 0 Å². The lowest BCUT2D eigenvalue weighted by Crippen LogP contribution is -2.14. The zero-order valence-electron chi connectivity index (χ0n) is 13.0. The number of imidazole rings is 1. The third-order valence-corrected chi connectivity index (χ3v) is 5.77. The summed E-state index contributed by atoms with van der Waals surface area (Å²) in [5.74, 6) is 1.76. The van der Waals surface area contributed by atoms with Crippen molar-refractivity contribution < 1.29 is 0 Å². The first kappa shape index (κ1) is 15.2. The van der Waals surface area contributed by atoms with Crippen molar-refractivity contribution in [3.63, 3.8) is 0 Å². The van der Waals surface area contributed by atoms with Gasteiger partial charge in [-0.15, -0.1) is 11.6 Å². The number of aromatic nitrogens is 4. The van der Waals surface area contributed by atoms with Gasteiger partial charge in [-0.25, -0.2) is 9.67 Å². The van der Waals surface area contributed by atoms with Gasteiger partial charge in [-0.2, -0.15) is 16.9 Å². The lowest BCUT2D eigenvalue weighted by molar-refractivity contribution is 0.497. The number of hydrogen-bond acceptors (Lipinski definition) is 3. The Morgan fingerprint density at radius 1 is 1.38 bits per heavy atom. The van der Waals surface area contributed by atoms with Crippen LogP contribution in [0, 0.1) is 6.92 Å². The van der Waals surface area contributed by atoms with Crippen LogP contribution in [0.15, 0.2) is 0 Å². The van der Waals surface area contributed by atoms with Crippen LogP contribution < -0.4 is 0 Å². The molecule has 1 fully saturated rings. The van der Waals surface area contributed by atoms with E-state index in [1.807, 2.05) is 11.8 Å². The molecule has 2 atom stereocenters. The molecular formula is C15H23ClN4S. The Labute approximate surface area is 135 Å². The molecule has 4 nitrogen and oxygen atoms in total. The number of thioether (sulfide) groups is 1. The normalized spacial score (nSPS) is 22.5. The van der Waals surface area contributed by atoms with Crippen molar-refractivity contribution in [1.82, 2.24) is 19.3 Å². The van der Waals surface area contributed by atoms with Gasteiger partial charge in [0, 0.05) is 30.1 Å². The van der Waals surface area contributed by atoms with E-state index < -0.39 is 0 Å². The smallest absolute Gasteiger partial charge is 0.159 e. The summed E-state index contributed by atoms with van der Waals surface area (Å²) in [5.41, 5.74) is 3.28. The highest BCUT2D eigenvalue weighted by Gasteiger charge is 2.30. The van der Waals surface area contributed by atoms with Crippen molar-refractivity contribution in [2.45, 2.75) is 57.4 Å². The average Bonchev–Trinajstić information content (AvgIpc) is 3.15. The van der Waals surface area contributed by atoms with Crippen molar-refractivity contribution in [2.24, 2.45) is 0 Å². The monoisotopic (exact) mass is 326 g/mol. The van der Waals surface area contributed by atoms with E-state index >= 15 is 0 Å². The van der Waals surface area contributed by atoms with Gasteiger partial charge in [-0.3, -0.25) is 0 Å². The van der Waals surface area contributed by atoms with Crippen LogP contribution in [0.5, 0.6) is 0 Å². The molecule has 2 aromatic rings. The molecule has 1 aliphatic rings. The Balaban J connectivity index is 2.11. The third kappa shape index (κ3) is 2.59. The first-order valence-corrected chi connectivity index (χ1v) is 9.54. The summed E-state index contributed by atoms with van der Waals surface area (Å²) in [6.45, 7) is 5.08. The molecule has 0 N–H and O–H groups in total. The van der Waals surface area contributed by atoms with Crippen molar-refractivity contribution in [2.75, 3.05) is 12.1 Å². The van der Waals surface area contributed by atoms with Crippen LogP contribution in [0.3, 0.4) is 0 Å². The minimum atomic E-state index is 0.548. The van der Waals surface area contributed by atoms with Crippen molar-refractivity contribution >= 4 is 34.5 Å². The Morgan fingerprint density at radius 3 is 2.81 bits per heavy atom. The molecule has 2 heterocycles. The summed E-state index contributed by atoms with van der Waals surface area (Å²) >= 11 is 7.99. The van der Waals surface area contributed by atoms with Gasteiger partial charge in [0.1, 0.15) is 11.3 Å². The largest absolute Gasteiger partial charge is 0.310 e. The molecule has 0 aromatic carbocycles. The molecule has 3 rings (SSSR count). The number of alkyl halides is 1. The Hall–Kier alpha value is -0.680. The lowest BCUT2D eigenvalue weighted by atomic mass is 10.2. The number of rotatable bonds is 5. The van der Waals surface area contributed by atoms with Gasteiger partial charge in [-0.05, 0) is 39.4 Å². The highest BCUT2D eigenvalue weighted by atomic mass is 35.5. The Kier molecular flexibility index (Phi) is 4.50. The summed E-state index contributed by atoms with van der Waals surface area (Å²) in [6, 6.07) is 0.548. The minimum Gasteiger partial charge on any atom is -0.310 e. The molecule has 0 aliphatic heterocycles. The topological polar surface area (TPSA) is 35.6 Å². The molecule has 0 saturated heterocycles. The Bertz CT molecular complexity index is 633. The maximum absolute atomic E-state index is 6.00. The fourth-order valence-corrected chi connectivity index (χ4v) is 4.42. The number of nitrogens with zero attached hydrogens (tertiary/aromatic N) is 4. The second-order valence-corrected chi connectivity index (χ2v) is 7.25. The summed E-state index contributed by atoms with van der Waals surface area (Å²) in [7, 11) is 0. The van der Waals surface area contributed by atoms with Crippen molar-refractivity contribution in [1.29, 1.82) is 0 Å². The maximum Gasteiger partial charge on any atom is 0.159 e. The van der Waals surface area contributed by atoms with E-state index in [9.17, 15) is 0 Å². The molecule has 116 valence electrons. The highest BCUT2D eigenvalue weighted by Crippen LogP contribution is 2.39. The lowest BCUT2D eigenvalue weighted by Gasteiger charge is -2.17. The average molecular weight is 327 g/mol. The molecule has 0 bridgehead atoms. The molecule has 1 saturated carbocycles. The molecule has 0 amide bonds. The highest BCUT2D eigenvalue weighted by molar-refractivity contribution is 7.99. The number of halogens is 1. The molecule has 0 radical (unpaired) electrons. The quantitative estimate of drug-likeness (QED) is 0.784. The van der Waals surface area contributed by atoms with Crippen LogP contribution in [-0.4, -0.2) is 36.7 Å². The van der Waals surface area contributed by atoms with Crippen LogP contribution in [0.4, 0.5) is 0 Å². The van der Waals surface area contributed by atoms with E-state index in [0.717, 1.165) is 35.3 Å². The predicted molar refractivity (Wildman–Crippen MR) is 90.5 cm³/mol. The van der Waals surface area contributed by atoms with Crippen molar-refractivity contribution in [3.05, 3.63) is 11.5 Å². The maximum atomic E-state index is 6.00. The van der Waals surface area contributed by atoms with Crippen LogP contribution in [0.25, 0.3) is 11.2 Å². The minimum absolute atomic E-state index is 0.548.